The minimum Gasteiger partial charge on any atom is -0.351 e. The van der Waals surface area contributed by atoms with Gasteiger partial charge in [0.05, 0.1) is 5.56 Å². The predicted molar refractivity (Wildman–Crippen MR) is 91.0 cm³/mol. The van der Waals surface area contributed by atoms with E-state index in [2.05, 4.69) is 43.0 Å². The highest BCUT2D eigenvalue weighted by molar-refractivity contribution is 9.10. The lowest BCUT2D eigenvalue weighted by Gasteiger charge is -2.30. The molecule has 3 rings (SSSR count). The van der Waals surface area contributed by atoms with Crippen LogP contribution in [0.1, 0.15) is 30.1 Å². The monoisotopic (exact) mass is 364 g/mol. The Morgan fingerprint density at radius 2 is 2.45 bits per heavy atom. The highest BCUT2D eigenvalue weighted by Gasteiger charge is 2.17. The number of piperidine rings is 1. The normalized spacial score (nSPS) is 19.5. The molecule has 1 unspecified atom stereocenters. The van der Waals surface area contributed by atoms with Crippen molar-refractivity contribution in [1.82, 2.24) is 20.2 Å². The maximum absolute atomic E-state index is 12.3. The molecule has 3 heterocycles. The number of pyridine rings is 1. The van der Waals surface area contributed by atoms with E-state index in [1.807, 2.05) is 6.07 Å². The van der Waals surface area contributed by atoms with Gasteiger partial charge < -0.3 is 15.2 Å². The molecule has 0 bridgehead atoms. The molecule has 6 heteroatoms. The molecule has 1 saturated heterocycles. The molecule has 2 aromatic heterocycles. The molecule has 0 saturated carbocycles. The van der Waals surface area contributed by atoms with Crippen molar-refractivity contribution in [2.24, 2.45) is 5.92 Å². The number of rotatable bonds is 4. The molecule has 1 atom stereocenters. The number of likely N-dealkylation sites (tertiary alicyclic amines) is 1. The maximum Gasteiger partial charge on any atom is 0.253 e. The van der Waals surface area contributed by atoms with Gasteiger partial charge in [-0.25, -0.2) is 4.98 Å². The maximum atomic E-state index is 12.3. The smallest absolute Gasteiger partial charge is 0.253 e. The summed E-state index contributed by atoms with van der Waals surface area (Å²) in [6.45, 7) is 6.17. The lowest BCUT2D eigenvalue weighted by Crippen LogP contribution is -2.40. The zero-order valence-corrected chi connectivity index (χ0v) is 14.3. The lowest BCUT2D eigenvalue weighted by molar-refractivity contribution is 0.0945. The van der Waals surface area contributed by atoms with Gasteiger partial charge in [-0.05, 0) is 47.3 Å². The number of carbonyl (C=O) groups is 1. The number of halogens is 1. The molecule has 2 N–H and O–H groups in total. The number of aromatic amines is 1. The van der Waals surface area contributed by atoms with Crippen LogP contribution in [0.5, 0.6) is 0 Å². The topological polar surface area (TPSA) is 61.0 Å². The predicted octanol–water partition coefficient (Wildman–Crippen LogP) is 2.79. The first kappa shape index (κ1) is 15.5. The molecule has 1 amide bonds. The molecule has 0 spiro atoms. The van der Waals surface area contributed by atoms with Crippen LogP contribution in [0.2, 0.25) is 0 Å². The van der Waals surface area contributed by atoms with E-state index in [4.69, 9.17) is 0 Å². The Morgan fingerprint density at radius 3 is 3.27 bits per heavy atom. The number of amides is 1. The summed E-state index contributed by atoms with van der Waals surface area (Å²) in [5.74, 6) is 0.720. The fourth-order valence-corrected chi connectivity index (χ4v) is 3.41. The molecule has 2 aromatic rings. The summed E-state index contributed by atoms with van der Waals surface area (Å²) in [6.07, 6.45) is 6.03. The Hall–Kier alpha value is -1.40. The van der Waals surface area contributed by atoms with E-state index in [0.717, 1.165) is 41.1 Å². The van der Waals surface area contributed by atoms with Crippen LogP contribution in [-0.4, -0.2) is 47.0 Å². The van der Waals surface area contributed by atoms with E-state index in [1.54, 1.807) is 12.4 Å². The summed E-state index contributed by atoms with van der Waals surface area (Å²) in [6, 6.07) is 1.92. The summed E-state index contributed by atoms with van der Waals surface area (Å²) < 4.78 is 0.871. The molecule has 1 fully saturated rings. The highest BCUT2D eigenvalue weighted by Crippen LogP contribution is 2.20. The van der Waals surface area contributed by atoms with Gasteiger partial charge in [-0.3, -0.25) is 4.79 Å². The van der Waals surface area contributed by atoms with Crippen molar-refractivity contribution >= 4 is 32.9 Å². The van der Waals surface area contributed by atoms with E-state index >= 15 is 0 Å². The number of nitrogens with zero attached hydrogens (tertiary/aromatic N) is 2. The Bertz CT molecular complexity index is 669. The molecule has 22 heavy (non-hydrogen) atoms. The number of fused-ring (bicyclic) bond motifs is 1. The molecule has 5 nitrogen and oxygen atoms in total. The summed E-state index contributed by atoms with van der Waals surface area (Å²) in [7, 11) is 0. The standard InChI is InChI=1S/C16H21BrN4O/c1-11-3-2-5-21(10-11)6-4-18-16(22)14-9-20-15-13(14)7-12(17)8-19-15/h7-9,11H,2-6,10H2,1H3,(H,18,22)(H,19,20). The van der Waals surface area contributed by atoms with Crippen LogP contribution in [0.4, 0.5) is 0 Å². The first-order valence-corrected chi connectivity index (χ1v) is 8.56. The molecular formula is C16H21BrN4O. The number of nitrogens with one attached hydrogen (secondary N) is 2. The third-order valence-electron chi connectivity index (χ3n) is 4.20. The Morgan fingerprint density at radius 1 is 1.59 bits per heavy atom. The van der Waals surface area contributed by atoms with Crippen molar-refractivity contribution in [3.63, 3.8) is 0 Å². The van der Waals surface area contributed by atoms with Crippen LogP contribution in [0, 0.1) is 5.92 Å². The van der Waals surface area contributed by atoms with E-state index in [-0.39, 0.29) is 5.91 Å². The Kier molecular flexibility index (Phi) is 4.78. The zero-order chi connectivity index (χ0) is 15.5. The van der Waals surface area contributed by atoms with E-state index in [1.165, 1.54) is 12.8 Å². The van der Waals surface area contributed by atoms with Crippen LogP contribution in [-0.2, 0) is 0 Å². The van der Waals surface area contributed by atoms with Crippen molar-refractivity contribution in [1.29, 1.82) is 0 Å². The van der Waals surface area contributed by atoms with Crippen LogP contribution in [0.3, 0.4) is 0 Å². The van der Waals surface area contributed by atoms with Crippen molar-refractivity contribution in [2.45, 2.75) is 19.8 Å². The fraction of sp³-hybridized carbons (Fsp3) is 0.500. The second kappa shape index (κ2) is 6.79. The highest BCUT2D eigenvalue weighted by atomic mass is 79.9. The molecule has 1 aliphatic rings. The van der Waals surface area contributed by atoms with Crippen molar-refractivity contribution in [2.75, 3.05) is 26.2 Å². The number of hydrogen-bond acceptors (Lipinski definition) is 3. The van der Waals surface area contributed by atoms with Crippen molar-refractivity contribution in [3.05, 3.63) is 28.5 Å². The van der Waals surface area contributed by atoms with Gasteiger partial charge >= 0.3 is 0 Å². The average Bonchev–Trinajstić information content (AvgIpc) is 2.90. The van der Waals surface area contributed by atoms with Crippen molar-refractivity contribution in [3.8, 4) is 0 Å². The molecular weight excluding hydrogens is 344 g/mol. The number of carbonyl (C=O) groups excluding carboxylic acids is 1. The lowest BCUT2D eigenvalue weighted by atomic mass is 10.0. The minimum absolute atomic E-state index is 0.0452. The first-order chi connectivity index (χ1) is 10.6. The van der Waals surface area contributed by atoms with E-state index in [0.29, 0.717) is 12.1 Å². The van der Waals surface area contributed by atoms with Gasteiger partial charge in [-0.15, -0.1) is 0 Å². The van der Waals surface area contributed by atoms with Gasteiger partial charge in [-0.1, -0.05) is 6.92 Å². The molecule has 0 radical (unpaired) electrons. The van der Waals surface area contributed by atoms with Crippen molar-refractivity contribution < 1.29 is 4.79 Å². The fourth-order valence-electron chi connectivity index (χ4n) is 3.08. The molecule has 118 valence electrons. The van der Waals surface area contributed by atoms with Gasteiger partial charge in [0.2, 0.25) is 0 Å². The van der Waals surface area contributed by atoms with Gasteiger partial charge in [-0.2, -0.15) is 0 Å². The second-order valence-electron chi connectivity index (χ2n) is 6.06. The van der Waals surface area contributed by atoms with Crippen LogP contribution in [0.15, 0.2) is 22.9 Å². The molecule has 0 aliphatic carbocycles. The third-order valence-corrected chi connectivity index (χ3v) is 4.63. The number of H-pyrrole nitrogens is 1. The molecule has 0 aromatic carbocycles. The SMILES string of the molecule is CC1CCCN(CCNC(=O)c2c[nH]c3ncc(Br)cc23)C1. The summed E-state index contributed by atoms with van der Waals surface area (Å²) in [4.78, 5) is 22.1. The summed E-state index contributed by atoms with van der Waals surface area (Å²) >= 11 is 3.40. The summed E-state index contributed by atoms with van der Waals surface area (Å²) in [5, 5.41) is 3.86. The summed E-state index contributed by atoms with van der Waals surface area (Å²) in [5.41, 5.74) is 1.38. The second-order valence-corrected chi connectivity index (χ2v) is 6.97. The van der Waals surface area contributed by atoms with Crippen LogP contribution >= 0.6 is 15.9 Å². The van der Waals surface area contributed by atoms with E-state index in [9.17, 15) is 4.79 Å². The van der Waals surface area contributed by atoms with E-state index < -0.39 is 0 Å². The van der Waals surface area contributed by atoms with Gasteiger partial charge in [0.15, 0.2) is 0 Å². The largest absolute Gasteiger partial charge is 0.351 e. The first-order valence-electron chi connectivity index (χ1n) is 7.76. The Labute approximate surface area is 138 Å². The van der Waals surface area contributed by atoms with Gasteiger partial charge in [0.1, 0.15) is 5.65 Å². The Balaban J connectivity index is 1.58. The molecule has 1 aliphatic heterocycles. The average molecular weight is 365 g/mol. The number of aromatic nitrogens is 2. The van der Waals surface area contributed by atoms with Crippen LogP contribution < -0.4 is 5.32 Å². The van der Waals surface area contributed by atoms with Crippen LogP contribution in [0.25, 0.3) is 11.0 Å². The zero-order valence-electron chi connectivity index (χ0n) is 12.7. The van der Waals surface area contributed by atoms with Gasteiger partial charge in [0, 0.05) is 41.9 Å². The van der Waals surface area contributed by atoms with Gasteiger partial charge in [0.25, 0.3) is 5.91 Å². The minimum atomic E-state index is -0.0452. The quantitative estimate of drug-likeness (QED) is 0.876. The number of hydrogen-bond donors (Lipinski definition) is 2. The third kappa shape index (κ3) is 3.50.